The largest absolute Gasteiger partial charge is 0.467 e. The zero-order valence-electron chi connectivity index (χ0n) is 28.5. The fourth-order valence-corrected chi connectivity index (χ4v) is 7.72. The van der Waals surface area contributed by atoms with Crippen LogP contribution in [0.5, 0.6) is 6.01 Å². The second-order valence-corrected chi connectivity index (χ2v) is 14.0. The molecule has 3 aromatic rings. The predicted molar refractivity (Wildman–Crippen MR) is 180 cm³/mol. The molecule has 6 heterocycles. The maximum atomic E-state index is 13.9. The van der Waals surface area contributed by atoms with Gasteiger partial charge < -0.3 is 25.0 Å². The van der Waals surface area contributed by atoms with Crippen LogP contribution in [0.25, 0.3) is 0 Å². The molecule has 11 nitrogen and oxygen atoms in total. The number of anilines is 2. The third kappa shape index (κ3) is 7.12. The molecule has 2 unspecified atom stereocenters. The van der Waals surface area contributed by atoms with Crippen molar-refractivity contribution in [1.29, 1.82) is 0 Å². The number of rotatable bonds is 4. The van der Waals surface area contributed by atoms with E-state index in [2.05, 4.69) is 26.9 Å². The maximum absolute atomic E-state index is 13.9. The first-order valence-corrected chi connectivity index (χ1v) is 16.9. The Bertz CT molecular complexity index is 1800. The Labute approximate surface area is 293 Å². The summed E-state index contributed by atoms with van der Waals surface area (Å²) in [5.41, 5.74) is 8.47. The Morgan fingerprint density at radius 3 is 2.62 bits per heavy atom. The van der Waals surface area contributed by atoms with Gasteiger partial charge in [-0.15, -0.1) is 0 Å². The number of amides is 1. The summed E-state index contributed by atoms with van der Waals surface area (Å²) >= 11 is 5.97. The zero-order valence-corrected chi connectivity index (χ0v) is 29.2. The fourth-order valence-electron chi connectivity index (χ4n) is 7.37. The van der Waals surface area contributed by atoms with Crippen LogP contribution >= 0.6 is 11.6 Å². The monoisotopic (exact) mass is 720 g/mol. The summed E-state index contributed by atoms with van der Waals surface area (Å²) in [7, 11) is 4.76. The van der Waals surface area contributed by atoms with Gasteiger partial charge in [-0.3, -0.25) is 14.4 Å². The quantitative estimate of drug-likeness (QED) is 0.258. The van der Waals surface area contributed by atoms with E-state index in [0.29, 0.717) is 47.9 Å². The number of methoxy groups -OCH3 is 1. The minimum atomic E-state index is -4.69. The molecule has 0 aliphatic carbocycles. The molecule has 0 bridgehead atoms. The summed E-state index contributed by atoms with van der Waals surface area (Å²) < 4.78 is 67.1. The summed E-state index contributed by atoms with van der Waals surface area (Å²) in [5.74, 6) is 0.370. The second kappa shape index (κ2) is 14.0. The minimum absolute atomic E-state index is 0.0246. The Balaban J connectivity index is 0.000000331. The average molecular weight is 721 g/mol. The lowest BCUT2D eigenvalue weighted by atomic mass is 9.94. The van der Waals surface area contributed by atoms with Crippen molar-refractivity contribution in [2.24, 2.45) is 0 Å². The van der Waals surface area contributed by atoms with Crippen molar-refractivity contribution < 1.29 is 31.8 Å². The Hall–Kier alpha value is -3.95. The van der Waals surface area contributed by atoms with Crippen LogP contribution in [0.2, 0.25) is 5.02 Å². The molecule has 2 fully saturated rings. The molecule has 0 saturated carbocycles. The summed E-state index contributed by atoms with van der Waals surface area (Å²) in [4.78, 5) is 27.4. The first-order chi connectivity index (χ1) is 23.7. The van der Waals surface area contributed by atoms with Crippen LogP contribution in [-0.2, 0) is 37.0 Å². The van der Waals surface area contributed by atoms with Crippen LogP contribution in [0.4, 0.5) is 29.1 Å². The molecule has 4 aliphatic rings. The molecule has 4 aliphatic heterocycles. The highest BCUT2D eigenvalue weighted by molar-refractivity contribution is 6.31. The molecular weight excluding hydrogens is 680 g/mol. The molecule has 1 amide bonds. The highest BCUT2D eigenvalue weighted by Gasteiger charge is 2.42. The van der Waals surface area contributed by atoms with Crippen molar-refractivity contribution in [2.75, 3.05) is 51.5 Å². The van der Waals surface area contributed by atoms with E-state index in [1.807, 2.05) is 9.58 Å². The number of fused-ring (bicyclic) bond motifs is 3. The number of aromatic nitrogens is 4. The van der Waals surface area contributed by atoms with Gasteiger partial charge >= 0.3 is 12.2 Å². The number of carbonyl (C=O) groups excluding carboxylic acids is 1. The Morgan fingerprint density at radius 1 is 1.16 bits per heavy atom. The molecule has 2 atom stereocenters. The van der Waals surface area contributed by atoms with E-state index in [4.69, 9.17) is 26.8 Å². The zero-order chi connectivity index (χ0) is 36.0. The number of carbonyl (C=O) groups is 1. The van der Waals surface area contributed by atoms with Crippen LogP contribution in [0.1, 0.15) is 77.3 Å². The predicted octanol–water partition coefficient (Wildman–Crippen LogP) is 5.96. The third-order valence-corrected chi connectivity index (χ3v) is 10.1. The van der Waals surface area contributed by atoms with Gasteiger partial charge in [0.1, 0.15) is 5.82 Å². The third-order valence-electron chi connectivity index (χ3n) is 9.82. The van der Waals surface area contributed by atoms with Gasteiger partial charge in [0.25, 0.3) is 5.91 Å². The molecule has 1 aromatic carbocycles. The second-order valence-electron chi connectivity index (χ2n) is 13.6. The molecule has 0 radical (unpaired) electrons. The van der Waals surface area contributed by atoms with E-state index in [-0.39, 0.29) is 36.2 Å². The van der Waals surface area contributed by atoms with Crippen LogP contribution in [0.3, 0.4) is 0 Å². The molecule has 270 valence electrons. The smallest absolute Gasteiger partial charge is 0.418 e. The number of halogens is 5. The highest BCUT2D eigenvalue weighted by atomic mass is 35.5. The van der Waals surface area contributed by atoms with Crippen molar-refractivity contribution in [3.05, 3.63) is 68.9 Å². The first-order valence-electron chi connectivity index (χ1n) is 16.5. The standard InChI is InChI=1S/C25H27ClF3N7O3.C9H14FN/c1-34(2)23(37)19-9-14-11-35(5-4-6-36(14)33-19)22-16-12-39-20(10-18(16)31-24(32-22)38-3)15-7-13(30)8-17(26)21(15)25(27,28)29;1-9-3-2-4-11(9)7-8(5-9)6-10/h7-9,20H,4-6,10-12,30H2,1-3H3;6H,2-5,7H2,1H3/b;8-6-. The number of aryl methyl sites for hydroxylation is 1. The molecule has 2 saturated heterocycles. The van der Waals surface area contributed by atoms with E-state index in [1.165, 1.54) is 30.9 Å². The number of benzene rings is 1. The van der Waals surface area contributed by atoms with Crippen molar-refractivity contribution in [3.8, 4) is 6.01 Å². The van der Waals surface area contributed by atoms with Crippen LogP contribution < -0.4 is 15.4 Å². The van der Waals surface area contributed by atoms with Crippen LogP contribution in [0.15, 0.2) is 30.1 Å². The lowest BCUT2D eigenvalue weighted by Gasteiger charge is -2.31. The first kappa shape index (κ1) is 35.9. The summed E-state index contributed by atoms with van der Waals surface area (Å²) in [6, 6.07) is 4.18. The summed E-state index contributed by atoms with van der Waals surface area (Å²) in [6.45, 7) is 5.90. The van der Waals surface area contributed by atoms with E-state index in [1.54, 1.807) is 20.2 Å². The van der Waals surface area contributed by atoms with Gasteiger partial charge in [-0.05, 0) is 68.5 Å². The van der Waals surface area contributed by atoms with Crippen molar-refractivity contribution in [1.82, 2.24) is 29.5 Å². The van der Waals surface area contributed by atoms with E-state index >= 15 is 0 Å². The number of nitrogens with zero attached hydrogens (tertiary/aromatic N) is 7. The molecular formula is C34H41ClF4N8O3. The normalized spacial score (nSPS) is 22.7. The summed E-state index contributed by atoms with van der Waals surface area (Å²) in [5, 5.41) is 3.99. The van der Waals surface area contributed by atoms with E-state index < -0.39 is 22.9 Å². The van der Waals surface area contributed by atoms with Crippen molar-refractivity contribution in [2.45, 2.75) is 76.5 Å². The van der Waals surface area contributed by atoms with Gasteiger partial charge in [-0.2, -0.15) is 28.2 Å². The van der Waals surface area contributed by atoms with Gasteiger partial charge in [-0.25, -0.2) is 4.39 Å². The van der Waals surface area contributed by atoms with Gasteiger partial charge in [0.05, 0.1) is 54.7 Å². The average Bonchev–Trinajstić information content (AvgIpc) is 3.68. The maximum Gasteiger partial charge on any atom is 0.418 e. The molecule has 7 rings (SSSR count). The number of nitrogen functional groups attached to an aromatic ring is 1. The number of ether oxygens (including phenoxy) is 2. The van der Waals surface area contributed by atoms with Gasteiger partial charge in [0, 0.05) is 56.9 Å². The number of nitrogens with two attached hydrogens (primary N) is 1. The number of alkyl halides is 3. The van der Waals surface area contributed by atoms with Crippen LogP contribution in [-0.4, -0.2) is 81.8 Å². The Morgan fingerprint density at radius 2 is 1.94 bits per heavy atom. The number of hydrogen-bond acceptors (Lipinski definition) is 9. The Kier molecular flexibility index (Phi) is 10.0. The van der Waals surface area contributed by atoms with Crippen molar-refractivity contribution >= 4 is 29.0 Å². The fraction of sp³-hybridized carbons (Fsp3) is 0.529. The highest BCUT2D eigenvalue weighted by Crippen LogP contribution is 2.45. The molecule has 50 heavy (non-hydrogen) atoms. The molecule has 2 N–H and O–H groups in total. The molecule has 0 spiro atoms. The lowest BCUT2D eigenvalue weighted by molar-refractivity contribution is -0.139. The topological polar surface area (TPSA) is 115 Å². The molecule has 16 heteroatoms. The summed E-state index contributed by atoms with van der Waals surface area (Å²) in [6.07, 6.45) is -0.635. The van der Waals surface area contributed by atoms with Gasteiger partial charge in [-0.1, -0.05) is 11.6 Å². The number of hydrogen-bond donors (Lipinski definition) is 1. The van der Waals surface area contributed by atoms with E-state index in [9.17, 15) is 22.4 Å². The van der Waals surface area contributed by atoms with Gasteiger partial charge in [0.15, 0.2) is 5.69 Å². The lowest BCUT2D eigenvalue weighted by Crippen LogP contribution is -2.34. The van der Waals surface area contributed by atoms with Crippen LogP contribution in [0, 0.1) is 0 Å². The minimum Gasteiger partial charge on any atom is -0.467 e. The van der Waals surface area contributed by atoms with Crippen molar-refractivity contribution in [3.63, 3.8) is 0 Å². The SMILES string of the molecule is CC12CCCN1C/C(=C\F)C2.COc1nc2c(c(N3CCCn4nc(C(=O)N(C)C)cc4C3)n1)COC(c1cc(N)cc(Cl)c1C(F)(F)F)C2. The van der Waals surface area contributed by atoms with E-state index in [0.717, 1.165) is 49.6 Å². The van der Waals surface area contributed by atoms with Gasteiger partial charge in [0.2, 0.25) is 0 Å². The molecule has 2 aromatic heterocycles.